The van der Waals surface area contributed by atoms with Crippen molar-refractivity contribution in [2.24, 2.45) is 0 Å². The van der Waals surface area contributed by atoms with Crippen molar-refractivity contribution in [3.63, 3.8) is 0 Å². The average molecular weight is 302 g/mol. The summed E-state index contributed by atoms with van der Waals surface area (Å²) < 4.78 is 27.7. The van der Waals surface area contributed by atoms with E-state index >= 15 is 0 Å². The predicted octanol–water partition coefficient (Wildman–Crippen LogP) is 3.12. The van der Waals surface area contributed by atoms with Crippen LogP contribution in [-0.4, -0.2) is 17.2 Å². The van der Waals surface area contributed by atoms with E-state index in [0.29, 0.717) is 12.8 Å². The molecule has 1 amide bonds. The lowest BCUT2D eigenvalue weighted by molar-refractivity contribution is -0.119. The molecule has 0 radical (unpaired) electrons. The first kappa shape index (κ1) is 14.9. The van der Waals surface area contributed by atoms with E-state index in [1.165, 1.54) is 6.92 Å². The second kappa shape index (κ2) is 5.87. The van der Waals surface area contributed by atoms with Crippen molar-refractivity contribution in [3.05, 3.63) is 34.9 Å². The molecule has 1 aromatic rings. The number of hydrogen-bond donors (Lipinski definition) is 1. The van der Waals surface area contributed by atoms with Crippen molar-refractivity contribution in [1.29, 1.82) is 0 Å². The first-order valence-electron chi connectivity index (χ1n) is 6.34. The highest BCUT2D eigenvalue weighted by Gasteiger charge is 2.29. The van der Waals surface area contributed by atoms with Crippen molar-refractivity contribution in [2.75, 3.05) is 0 Å². The standard InChI is InChI=1S/C14H14ClF2NO2/c1-7(19)18-9-3-2-8(4-9)10-5-13(17)11(14(15)20)6-12(10)16/h5-6,8-9H,2-4H2,1H3,(H,18,19). The lowest BCUT2D eigenvalue weighted by Crippen LogP contribution is -2.30. The summed E-state index contributed by atoms with van der Waals surface area (Å²) in [7, 11) is 0. The molecule has 6 heteroatoms. The maximum absolute atomic E-state index is 14.0. The van der Waals surface area contributed by atoms with Gasteiger partial charge >= 0.3 is 0 Å². The van der Waals surface area contributed by atoms with Crippen LogP contribution in [0.15, 0.2) is 12.1 Å². The summed E-state index contributed by atoms with van der Waals surface area (Å²) in [5.41, 5.74) is -0.221. The first-order valence-corrected chi connectivity index (χ1v) is 6.72. The van der Waals surface area contributed by atoms with Gasteiger partial charge in [-0.25, -0.2) is 8.78 Å². The van der Waals surface area contributed by atoms with E-state index in [1.807, 2.05) is 0 Å². The zero-order valence-corrected chi connectivity index (χ0v) is 11.6. The lowest BCUT2D eigenvalue weighted by atomic mass is 9.95. The smallest absolute Gasteiger partial charge is 0.255 e. The molecule has 2 unspecified atom stereocenters. The van der Waals surface area contributed by atoms with E-state index in [-0.39, 0.29) is 23.4 Å². The molecule has 2 atom stereocenters. The van der Waals surface area contributed by atoms with Crippen LogP contribution in [-0.2, 0) is 4.79 Å². The first-order chi connectivity index (χ1) is 9.38. The Hall–Kier alpha value is -1.49. The fraction of sp³-hybridized carbons (Fsp3) is 0.429. The second-order valence-electron chi connectivity index (χ2n) is 5.03. The minimum Gasteiger partial charge on any atom is -0.354 e. The summed E-state index contributed by atoms with van der Waals surface area (Å²) >= 11 is 5.18. The Kier molecular flexibility index (Phi) is 4.38. The molecule has 0 saturated heterocycles. The van der Waals surface area contributed by atoms with Gasteiger partial charge in [-0.2, -0.15) is 0 Å². The molecule has 20 heavy (non-hydrogen) atoms. The molecule has 3 nitrogen and oxygen atoms in total. The van der Waals surface area contributed by atoms with Gasteiger partial charge in [-0.15, -0.1) is 0 Å². The number of rotatable bonds is 3. The molecule has 1 saturated carbocycles. The van der Waals surface area contributed by atoms with Gasteiger partial charge < -0.3 is 5.32 Å². The fourth-order valence-electron chi connectivity index (χ4n) is 2.71. The Labute approximate surface area is 120 Å². The number of carbonyl (C=O) groups excluding carboxylic acids is 2. The van der Waals surface area contributed by atoms with E-state index in [2.05, 4.69) is 5.32 Å². The Morgan fingerprint density at radius 3 is 2.55 bits per heavy atom. The van der Waals surface area contributed by atoms with Crippen LogP contribution < -0.4 is 5.32 Å². The van der Waals surface area contributed by atoms with E-state index < -0.39 is 22.4 Å². The van der Waals surface area contributed by atoms with Crippen molar-refractivity contribution in [1.82, 2.24) is 5.32 Å². The summed E-state index contributed by atoms with van der Waals surface area (Å²) in [5.74, 6) is -1.75. The molecular formula is C14H14ClF2NO2. The molecule has 1 fully saturated rings. The molecule has 2 rings (SSSR count). The molecule has 1 N–H and O–H groups in total. The largest absolute Gasteiger partial charge is 0.354 e. The van der Waals surface area contributed by atoms with Crippen molar-refractivity contribution < 1.29 is 18.4 Å². The number of amides is 1. The van der Waals surface area contributed by atoms with Crippen LogP contribution in [0, 0.1) is 11.6 Å². The Bertz CT molecular complexity index is 562. The highest BCUT2D eigenvalue weighted by Crippen LogP contribution is 2.36. The lowest BCUT2D eigenvalue weighted by Gasteiger charge is -2.14. The van der Waals surface area contributed by atoms with E-state index in [1.54, 1.807) is 0 Å². The predicted molar refractivity (Wildman–Crippen MR) is 70.7 cm³/mol. The van der Waals surface area contributed by atoms with Gasteiger partial charge in [0.15, 0.2) is 0 Å². The third-order valence-electron chi connectivity index (χ3n) is 3.58. The SMILES string of the molecule is CC(=O)NC1CCC(c2cc(F)c(C(=O)Cl)cc2F)C1. The minimum absolute atomic E-state index is 0.0192. The summed E-state index contributed by atoms with van der Waals surface area (Å²) in [4.78, 5) is 21.9. The molecule has 108 valence electrons. The molecular weight excluding hydrogens is 288 g/mol. The summed E-state index contributed by atoms with van der Waals surface area (Å²) in [5, 5.41) is 1.76. The van der Waals surface area contributed by atoms with Crippen LogP contribution in [0.4, 0.5) is 8.78 Å². The monoisotopic (exact) mass is 301 g/mol. The van der Waals surface area contributed by atoms with Gasteiger partial charge in [-0.3, -0.25) is 9.59 Å². The number of carbonyl (C=O) groups is 2. The molecule has 1 aliphatic carbocycles. The summed E-state index contributed by atoms with van der Waals surface area (Å²) in [6.45, 7) is 1.43. The third kappa shape index (κ3) is 3.15. The zero-order valence-electron chi connectivity index (χ0n) is 10.9. The van der Waals surface area contributed by atoms with Crippen LogP contribution in [0.1, 0.15) is 48.0 Å². The molecule has 0 aliphatic heterocycles. The number of nitrogens with one attached hydrogen (secondary N) is 1. The van der Waals surface area contributed by atoms with E-state index in [9.17, 15) is 18.4 Å². The van der Waals surface area contributed by atoms with Gasteiger partial charge in [-0.1, -0.05) is 0 Å². The molecule has 1 aromatic carbocycles. The molecule has 1 aliphatic rings. The van der Waals surface area contributed by atoms with Gasteiger partial charge in [0.1, 0.15) is 11.6 Å². The maximum Gasteiger partial charge on any atom is 0.255 e. The van der Waals surface area contributed by atoms with Gasteiger partial charge in [0, 0.05) is 13.0 Å². The number of halogens is 3. The van der Waals surface area contributed by atoms with Crippen molar-refractivity contribution in [3.8, 4) is 0 Å². The topological polar surface area (TPSA) is 46.2 Å². The van der Waals surface area contributed by atoms with Crippen LogP contribution in [0.2, 0.25) is 0 Å². The summed E-state index contributed by atoms with van der Waals surface area (Å²) in [6, 6.07) is 1.85. The van der Waals surface area contributed by atoms with Crippen LogP contribution in [0.25, 0.3) is 0 Å². The highest BCUT2D eigenvalue weighted by atomic mass is 35.5. The number of benzene rings is 1. The van der Waals surface area contributed by atoms with E-state index in [0.717, 1.165) is 18.6 Å². The van der Waals surface area contributed by atoms with Gasteiger partial charge in [0.25, 0.3) is 5.24 Å². The van der Waals surface area contributed by atoms with Crippen LogP contribution in [0.5, 0.6) is 0 Å². The van der Waals surface area contributed by atoms with E-state index in [4.69, 9.17) is 11.6 Å². The third-order valence-corrected chi connectivity index (χ3v) is 3.78. The van der Waals surface area contributed by atoms with Crippen molar-refractivity contribution >= 4 is 22.8 Å². The minimum atomic E-state index is -1.02. The van der Waals surface area contributed by atoms with Gasteiger partial charge in [-0.05, 0) is 54.5 Å². The Morgan fingerprint density at radius 2 is 1.95 bits per heavy atom. The normalized spacial score (nSPS) is 21.8. The van der Waals surface area contributed by atoms with Gasteiger partial charge in [0.05, 0.1) is 5.56 Å². The molecule has 0 spiro atoms. The Morgan fingerprint density at radius 1 is 1.25 bits per heavy atom. The van der Waals surface area contributed by atoms with Crippen LogP contribution >= 0.6 is 11.6 Å². The zero-order chi connectivity index (χ0) is 14.9. The summed E-state index contributed by atoms with van der Waals surface area (Å²) in [6.07, 6.45) is 1.95. The van der Waals surface area contributed by atoms with Crippen LogP contribution in [0.3, 0.4) is 0 Å². The fourth-order valence-corrected chi connectivity index (χ4v) is 2.85. The molecule has 0 bridgehead atoms. The highest BCUT2D eigenvalue weighted by molar-refractivity contribution is 6.67. The Balaban J connectivity index is 2.20. The maximum atomic E-state index is 14.0. The molecule has 0 aromatic heterocycles. The number of hydrogen-bond acceptors (Lipinski definition) is 2. The second-order valence-corrected chi connectivity index (χ2v) is 5.38. The molecule has 0 heterocycles. The van der Waals surface area contributed by atoms with Gasteiger partial charge in [0.2, 0.25) is 5.91 Å². The average Bonchev–Trinajstić information content (AvgIpc) is 2.78. The quantitative estimate of drug-likeness (QED) is 0.872. The van der Waals surface area contributed by atoms with Crippen molar-refractivity contribution in [2.45, 2.75) is 38.1 Å².